The lowest BCUT2D eigenvalue weighted by atomic mass is 10.2. The third kappa shape index (κ3) is 4.08. The zero-order valence-electron chi connectivity index (χ0n) is 15.2. The average Bonchev–Trinajstić information content (AvgIpc) is 3.51. The van der Waals surface area contributed by atoms with Crippen LogP contribution in [0.4, 0.5) is 11.6 Å². The van der Waals surface area contributed by atoms with Crippen LogP contribution in [0.3, 0.4) is 0 Å². The maximum absolute atomic E-state index is 12.3. The predicted octanol–water partition coefficient (Wildman–Crippen LogP) is 2.36. The highest BCUT2D eigenvalue weighted by molar-refractivity contribution is 6.30. The first-order valence-electron chi connectivity index (χ1n) is 9.11. The topological polar surface area (TPSA) is 70.6 Å². The second-order valence-electron chi connectivity index (χ2n) is 6.79. The Morgan fingerprint density at radius 2 is 1.96 bits per heavy atom. The zero-order chi connectivity index (χ0) is 18.8. The van der Waals surface area contributed by atoms with Crippen LogP contribution >= 0.6 is 11.6 Å². The Morgan fingerprint density at radius 1 is 1.22 bits per heavy atom. The summed E-state index contributed by atoms with van der Waals surface area (Å²) in [6, 6.07) is 8.16. The minimum Gasteiger partial charge on any atom is -0.480 e. The third-order valence-electron chi connectivity index (χ3n) is 4.83. The van der Waals surface area contributed by atoms with Crippen LogP contribution in [0, 0.1) is 0 Å². The van der Waals surface area contributed by atoms with E-state index >= 15 is 0 Å². The number of rotatable bonds is 5. The van der Waals surface area contributed by atoms with Crippen molar-refractivity contribution in [3.8, 4) is 5.88 Å². The van der Waals surface area contributed by atoms with Gasteiger partial charge in [-0.25, -0.2) is 4.98 Å². The number of hydrogen-bond donors (Lipinski definition) is 1. The van der Waals surface area contributed by atoms with E-state index in [2.05, 4.69) is 31.2 Å². The summed E-state index contributed by atoms with van der Waals surface area (Å²) in [5.41, 5.74) is 1.50. The van der Waals surface area contributed by atoms with E-state index in [-0.39, 0.29) is 11.9 Å². The van der Waals surface area contributed by atoms with Crippen LogP contribution < -0.4 is 19.9 Å². The van der Waals surface area contributed by atoms with E-state index in [9.17, 15) is 4.79 Å². The Bertz CT molecular complexity index is 835. The summed E-state index contributed by atoms with van der Waals surface area (Å²) in [6.45, 7) is 3.25. The number of carbonyl (C=O) groups is 1. The van der Waals surface area contributed by atoms with E-state index in [0.717, 1.165) is 49.7 Å². The van der Waals surface area contributed by atoms with Gasteiger partial charge in [0.15, 0.2) is 0 Å². The molecule has 1 aliphatic carbocycles. The van der Waals surface area contributed by atoms with Gasteiger partial charge < -0.3 is 19.9 Å². The molecule has 2 heterocycles. The Kier molecular flexibility index (Phi) is 5.03. The van der Waals surface area contributed by atoms with Crippen molar-refractivity contribution >= 4 is 29.1 Å². The Labute approximate surface area is 163 Å². The molecule has 7 nitrogen and oxygen atoms in total. The standard InChI is InChI=1S/C19H22ClN5O2/c1-27-18-16(17(26)22-14-5-6-14)12-21-19(23-18)25-9-7-24(8-10-25)15-4-2-3-13(20)11-15/h2-4,11-12,14H,5-10H2,1H3,(H,22,26). The van der Waals surface area contributed by atoms with Gasteiger partial charge in [0.2, 0.25) is 11.8 Å². The number of halogens is 1. The normalized spacial score (nSPS) is 17.0. The number of aromatic nitrogens is 2. The van der Waals surface area contributed by atoms with Crippen LogP contribution in [0.25, 0.3) is 0 Å². The lowest BCUT2D eigenvalue weighted by Crippen LogP contribution is -2.47. The van der Waals surface area contributed by atoms with Crippen LogP contribution in [0.15, 0.2) is 30.5 Å². The first kappa shape index (κ1) is 17.9. The van der Waals surface area contributed by atoms with E-state index in [1.165, 1.54) is 7.11 Å². The minimum absolute atomic E-state index is 0.174. The molecule has 1 aromatic heterocycles. The first-order valence-corrected chi connectivity index (χ1v) is 9.49. The van der Waals surface area contributed by atoms with Crippen molar-refractivity contribution in [1.29, 1.82) is 0 Å². The van der Waals surface area contributed by atoms with Crippen LogP contribution in [-0.2, 0) is 0 Å². The fourth-order valence-electron chi connectivity index (χ4n) is 3.15. The quantitative estimate of drug-likeness (QED) is 0.849. The molecule has 1 saturated heterocycles. The van der Waals surface area contributed by atoms with Gasteiger partial charge in [-0.15, -0.1) is 0 Å². The number of hydrogen-bond acceptors (Lipinski definition) is 6. The molecule has 2 aliphatic rings. The maximum atomic E-state index is 12.3. The van der Waals surface area contributed by atoms with Crippen LogP contribution in [0.1, 0.15) is 23.2 Å². The third-order valence-corrected chi connectivity index (χ3v) is 5.06. The molecule has 2 fully saturated rings. The lowest BCUT2D eigenvalue weighted by Gasteiger charge is -2.36. The number of anilines is 2. The number of nitrogens with zero attached hydrogens (tertiary/aromatic N) is 4. The van der Waals surface area contributed by atoms with Gasteiger partial charge in [-0.2, -0.15) is 4.98 Å². The summed E-state index contributed by atoms with van der Waals surface area (Å²) >= 11 is 6.09. The van der Waals surface area contributed by atoms with Crippen LogP contribution in [-0.4, -0.2) is 55.2 Å². The molecule has 27 heavy (non-hydrogen) atoms. The van der Waals surface area contributed by atoms with Crippen molar-refractivity contribution in [2.75, 3.05) is 43.1 Å². The van der Waals surface area contributed by atoms with Crippen molar-refractivity contribution in [3.63, 3.8) is 0 Å². The lowest BCUT2D eigenvalue weighted by molar-refractivity contribution is 0.0947. The van der Waals surface area contributed by atoms with E-state index in [0.29, 0.717) is 17.4 Å². The molecule has 0 radical (unpaired) electrons. The predicted molar refractivity (Wildman–Crippen MR) is 105 cm³/mol. The highest BCUT2D eigenvalue weighted by atomic mass is 35.5. The van der Waals surface area contributed by atoms with Crippen molar-refractivity contribution in [2.24, 2.45) is 0 Å². The van der Waals surface area contributed by atoms with Crippen molar-refractivity contribution < 1.29 is 9.53 Å². The van der Waals surface area contributed by atoms with E-state index in [1.54, 1.807) is 6.20 Å². The first-order chi connectivity index (χ1) is 13.1. The van der Waals surface area contributed by atoms with Gasteiger partial charge in [0.05, 0.1) is 7.11 Å². The van der Waals surface area contributed by atoms with Crippen molar-refractivity contribution in [1.82, 2.24) is 15.3 Å². The van der Waals surface area contributed by atoms with Gasteiger partial charge in [0, 0.05) is 49.1 Å². The van der Waals surface area contributed by atoms with Crippen molar-refractivity contribution in [3.05, 3.63) is 41.0 Å². The number of benzene rings is 1. The molecular weight excluding hydrogens is 366 g/mol. The molecule has 0 atom stereocenters. The number of nitrogens with one attached hydrogen (secondary N) is 1. The molecular formula is C19H22ClN5O2. The van der Waals surface area contributed by atoms with Crippen molar-refractivity contribution in [2.45, 2.75) is 18.9 Å². The van der Waals surface area contributed by atoms with Gasteiger partial charge in [-0.05, 0) is 31.0 Å². The molecule has 1 aromatic carbocycles. The molecule has 0 unspecified atom stereocenters. The highest BCUT2D eigenvalue weighted by Gasteiger charge is 2.27. The molecule has 142 valence electrons. The molecule has 8 heteroatoms. The van der Waals surface area contributed by atoms with E-state index in [4.69, 9.17) is 16.3 Å². The monoisotopic (exact) mass is 387 g/mol. The Hall–Kier alpha value is -2.54. The van der Waals surface area contributed by atoms with E-state index < -0.39 is 0 Å². The zero-order valence-corrected chi connectivity index (χ0v) is 15.9. The molecule has 1 aliphatic heterocycles. The summed E-state index contributed by atoms with van der Waals surface area (Å²) in [5, 5.41) is 3.68. The fourth-order valence-corrected chi connectivity index (χ4v) is 3.33. The summed E-state index contributed by atoms with van der Waals surface area (Å²) < 4.78 is 5.34. The van der Waals surface area contributed by atoms with Gasteiger partial charge in [-0.1, -0.05) is 17.7 Å². The molecule has 4 rings (SSSR count). The smallest absolute Gasteiger partial charge is 0.258 e. The van der Waals surface area contributed by atoms with E-state index in [1.807, 2.05) is 18.2 Å². The average molecular weight is 388 g/mol. The SMILES string of the molecule is COc1nc(N2CCN(c3cccc(Cl)c3)CC2)ncc1C(=O)NC1CC1. The largest absolute Gasteiger partial charge is 0.480 e. The molecule has 1 amide bonds. The molecule has 0 bridgehead atoms. The number of carbonyl (C=O) groups excluding carboxylic acids is 1. The summed E-state index contributed by atoms with van der Waals surface area (Å²) in [7, 11) is 1.52. The summed E-state index contributed by atoms with van der Waals surface area (Å²) in [5.74, 6) is 0.725. The van der Waals surface area contributed by atoms with Gasteiger partial charge in [-0.3, -0.25) is 4.79 Å². The number of amides is 1. The van der Waals surface area contributed by atoms with Gasteiger partial charge in [0.1, 0.15) is 5.56 Å². The van der Waals surface area contributed by atoms with Crippen LogP contribution in [0.2, 0.25) is 5.02 Å². The second-order valence-corrected chi connectivity index (χ2v) is 7.23. The minimum atomic E-state index is -0.174. The molecule has 2 aromatic rings. The fraction of sp³-hybridized carbons (Fsp3) is 0.421. The summed E-state index contributed by atoms with van der Waals surface area (Å²) in [6.07, 6.45) is 3.62. The number of methoxy groups -OCH3 is 1. The molecule has 0 spiro atoms. The molecule has 1 N–H and O–H groups in total. The molecule has 1 saturated carbocycles. The van der Waals surface area contributed by atoms with Crippen LogP contribution in [0.5, 0.6) is 5.88 Å². The number of ether oxygens (including phenoxy) is 1. The number of piperazine rings is 1. The van der Waals surface area contributed by atoms with Gasteiger partial charge >= 0.3 is 0 Å². The van der Waals surface area contributed by atoms with Gasteiger partial charge in [0.25, 0.3) is 5.91 Å². The highest BCUT2D eigenvalue weighted by Crippen LogP contribution is 2.24. The second kappa shape index (κ2) is 7.60. The maximum Gasteiger partial charge on any atom is 0.258 e. The Morgan fingerprint density at radius 3 is 2.63 bits per heavy atom. The summed E-state index contributed by atoms with van der Waals surface area (Å²) in [4.78, 5) is 25.6. The Balaban J connectivity index is 1.44.